The molecule has 1 heterocycles. The summed E-state index contributed by atoms with van der Waals surface area (Å²) in [5, 5.41) is 6.97. The maximum atomic E-state index is 3.57. The van der Waals surface area contributed by atoms with E-state index in [1.165, 1.54) is 21.7 Å². The summed E-state index contributed by atoms with van der Waals surface area (Å²) >= 11 is 1.86. The minimum Gasteiger partial charge on any atom is -0.355 e. The third kappa shape index (κ3) is 4.03. The first kappa shape index (κ1) is 15.4. The van der Waals surface area contributed by atoms with Crippen molar-refractivity contribution in [3.63, 3.8) is 0 Å². The van der Waals surface area contributed by atoms with Gasteiger partial charge in [0.25, 0.3) is 0 Å². The Morgan fingerprint density at radius 2 is 1.77 bits per heavy atom. The van der Waals surface area contributed by atoms with E-state index in [0.717, 1.165) is 31.9 Å². The molecule has 1 saturated heterocycles. The van der Waals surface area contributed by atoms with Crippen molar-refractivity contribution in [3.05, 3.63) is 53.6 Å². The molecule has 0 aromatic heterocycles. The summed E-state index contributed by atoms with van der Waals surface area (Å²) in [6, 6.07) is 15.1. The van der Waals surface area contributed by atoms with E-state index in [1.807, 2.05) is 11.9 Å². The number of nitrogens with zero attached hydrogens (tertiary/aromatic N) is 1. The van der Waals surface area contributed by atoms with E-state index >= 15 is 0 Å². The van der Waals surface area contributed by atoms with Crippen LogP contribution in [0.15, 0.2) is 47.4 Å². The average molecular weight is 313 g/mol. The Bertz CT molecular complexity index is 636. The summed E-state index contributed by atoms with van der Waals surface area (Å²) in [6.45, 7) is 8.58. The second-order valence-corrected chi connectivity index (χ2v) is 6.90. The molecule has 2 aromatic carbocycles. The van der Waals surface area contributed by atoms with Gasteiger partial charge in [-0.25, -0.2) is 4.31 Å². The molecule has 0 atom stereocenters. The first-order chi connectivity index (χ1) is 10.7. The van der Waals surface area contributed by atoms with E-state index in [0.29, 0.717) is 0 Å². The molecule has 2 aromatic rings. The van der Waals surface area contributed by atoms with Crippen LogP contribution < -0.4 is 10.6 Å². The fourth-order valence-electron chi connectivity index (χ4n) is 2.56. The molecule has 1 fully saturated rings. The lowest BCUT2D eigenvalue weighted by atomic mass is 10.2. The molecule has 3 rings (SSSR count). The topological polar surface area (TPSA) is 27.3 Å². The van der Waals surface area contributed by atoms with Gasteiger partial charge in [0, 0.05) is 36.8 Å². The van der Waals surface area contributed by atoms with Gasteiger partial charge >= 0.3 is 0 Å². The Balaban J connectivity index is 1.80. The third-order valence-electron chi connectivity index (χ3n) is 3.74. The largest absolute Gasteiger partial charge is 0.355 e. The number of hydrogen-bond acceptors (Lipinski definition) is 4. The van der Waals surface area contributed by atoms with E-state index < -0.39 is 0 Å². The summed E-state index contributed by atoms with van der Waals surface area (Å²) < 4.78 is 2.44. The van der Waals surface area contributed by atoms with Crippen molar-refractivity contribution in [2.24, 2.45) is 0 Å². The predicted octanol–water partition coefficient (Wildman–Crippen LogP) is 3.96. The number of piperazine rings is 1. The standard InChI is InChI=1S/C18H23N3S/c1-14-4-3-5-16(12-14)20-17-7-6-15(2)13-18(17)22-21-10-8-19-9-11-21/h3-7,12-13,19-20H,8-11H2,1-2H3. The lowest BCUT2D eigenvalue weighted by molar-refractivity contribution is 0.396. The normalized spacial score (nSPS) is 15.7. The highest BCUT2D eigenvalue weighted by atomic mass is 32.2. The first-order valence-electron chi connectivity index (χ1n) is 7.79. The van der Waals surface area contributed by atoms with E-state index in [4.69, 9.17) is 0 Å². The molecule has 0 bridgehead atoms. The van der Waals surface area contributed by atoms with Gasteiger partial charge < -0.3 is 10.6 Å². The van der Waals surface area contributed by atoms with Crippen LogP contribution in [0, 0.1) is 13.8 Å². The quantitative estimate of drug-likeness (QED) is 0.836. The second-order valence-electron chi connectivity index (χ2n) is 5.76. The molecule has 116 valence electrons. The van der Waals surface area contributed by atoms with Crippen molar-refractivity contribution >= 4 is 23.3 Å². The minimum absolute atomic E-state index is 1.07. The number of anilines is 2. The van der Waals surface area contributed by atoms with Crippen LogP contribution in [0.1, 0.15) is 11.1 Å². The smallest absolute Gasteiger partial charge is 0.0535 e. The Kier molecular flexibility index (Phi) is 5.03. The molecule has 0 aliphatic carbocycles. The molecule has 4 heteroatoms. The van der Waals surface area contributed by atoms with Crippen molar-refractivity contribution in [2.75, 3.05) is 31.5 Å². The Hall–Kier alpha value is -1.49. The molecule has 3 nitrogen and oxygen atoms in total. The van der Waals surface area contributed by atoms with E-state index in [2.05, 4.69) is 71.3 Å². The van der Waals surface area contributed by atoms with Crippen LogP contribution in [0.25, 0.3) is 0 Å². The highest BCUT2D eigenvalue weighted by Gasteiger charge is 2.13. The summed E-state index contributed by atoms with van der Waals surface area (Å²) in [6.07, 6.45) is 0. The Morgan fingerprint density at radius 1 is 1.00 bits per heavy atom. The lowest BCUT2D eigenvalue weighted by Crippen LogP contribution is -2.39. The monoisotopic (exact) mass is 313 g/mol. The molecule has 2 N–H and O–H groups in total. The van der Waals surface area contributed by atoms with Gasteiger partial charge in [-0.15, -0.1) is 0 Å². The van der Waals surface area contributed by atoms with Gasteiger partial charge in [-0.1, -0.05) is 18.2 Å². The fraction of sp³-hybridized carbons (Fsp3) is 0.333. The van der Waals surface area contributed by atoms with Gasteiger partial charge in [0.15, 0.2) is 0 Å². The molecular formula is C18H23N3S. The zero-order valence-electron chi connectivity index (χ0n) is 13.2. The minimum atomic E-state index is 1.07. The summed E-state index contributed by atoms with van der Waals surface area (Å²) in [4.78, 5) is 1.29. The van der Waals surface area contributed by atoms with Crippen molar-refractivity contribution < 1.29 is 0 Å². The van der Waals surface area contributed by atoms with Crippen molar-refractivity contribution in [2.45, 2.75) is 18.7 Å². The molecule has 0 spiro atoms. The Labute approximate surface area is 137 Å². The van der Waals surface area contributed by atoms with Crippen molar-refractivity contribution in [1.29, 1.82) is 0 Å². The maximum Gasteiger partial charge on any atom is 0.0535 e. The number of benzene rings is 2. The molecule has 0 saturated carbocycles. The van der Waals surface area contributed by atoms with Crippen LogP contribution in [0.5, 0.6) is 0 Å². The molecule has 22 heavy (non-hydrogen) atoms. The maximum absolute atomic E-state index is 3.57. The van der Waals surface area contributed by atoms with E-state index in [9.17, 15) is 0 Å². The number of rotatable bonds is 4. The Morgan fingerprint density at radius 3 is 2.55 bits per heavy atom. The highest BCUT2D eigenvalue weighted by Crippen LogP contribution is 2.33. The number of hydrogen-bond donors (Lipinski definition) is 2. The predicted molar refractivity (Wildman–Crippen MR) is 95.9 cm³/mol. The molecule has 1 aliphatic rings. The first-order valence-corrected chi connectivity index (χ1v) is 8.56. The van der Waals surface area contributed by atoms with Crippen LogP contribution in [0.2, 0.25) is 0 Å². The zero-order valence-corrected chi connectivity index (χ0v) is 14.0. The van der Waals surface area contributed by atoms with Gasteiger partial charge in [-0.2, -0.15) is 0 Å². The molecular weight excluding hydrogens is 290 g/mol. The molecule has 0 radical (unpaired) electrons. The van der Waals surface area contributed by atoms with Gasteiger partial charge in [-0.3, -0.25) is 0 Å². The van der Waals surface area contributed by atoms with Gasteiger partial charge in [0.2, 0.25) is 0 Å². The SMILES string of the molecule is Cc1cccc(Nc2ccc(C)cc2SN2CCNCC2)c1. The fourth-order valence-corrected chi connectivity index (χ4v) is 3.66. The average Bonchev–Trinajstić information content (AvgIpc) is 2.51. The number of nitrogens with one attached hydrogen (secondary N) is 2. The van der Waals surface area contributed by atoms with Crippen LogP contribution in [-0.2, 0) is 0 Å². The molecule has 0 unspecified atom stereocenters. The van der Waals surface area contributed by atoms with Gasteiger partial charge in [0.05, 0.1) is 5.69 Å². The van der Waals surface area contributed by atoms with Crippen LogP contribution in [0.4, 0.5) is 11.4 Å². The summed E-state index contributed by atoms with van der Waals surface area (Å²) in [7, 11) is 0. The lowest BCUT2D eigenvalue weighted by Gasteiger charge is -2.27. The van der Waals surface area contributed by atoms with Crippen LogP contribution in [0.3, 0.4) is 0 Å². The van der Waals surface area contributed by atoms with E-state index in [-0.39, 0.29) is 0 Å². The van der Waals surface area contributed by atoms with Crippen molar-refractivity contribution in [3.8, 4) is 0 Å². The van der Waals surface area contributed by atoms with Crippen molar-refractivity contribution in [1.82, 2.24) is 9.62 Å². The van der Waals surface area contributed by atoms with Crippen LogP contribution in [-0.4, -0.2) is 30.5 Å². The molecule has 1 aliphatic heterocycles. The molecule has 0 amide bonds. The van der Waals surface area contributed by atoms with Crippen LogP contribution >= 0.6 is 11.9 Å². The highest BCUT2D eigenvalue weighted by molar-refractivity contribution is 7.97. The van der Waals surface area contributed by atoms with Gasteiger partial charge in [0.1, 0.15) is 0 Å². The third-order valence-corrected chi connectivity index (χ3v) is 4.90. The summed E-state index contributed by atoms with van der Waals surface area (Å²) in [5.74, 6) is 0. The number of aryl methyl sites for hydroxylation is 2. The second kappa shape index (κ2) is 7.18. The van der Waals surface area contributed by atoms with Gasteiger partial charge in [-0.05, 0) is 61.2 Å². The summed E-state index contributed by atoms with van der Waals surface area (Å²) in [5.41, 5.74) is 4.89. The zero-order chi connectivity index (χ0) is 15.4. The van der Waals surface area contributed by atoms with E-state index in [1.54, 1.807) is 0 Å².